The van der Waals surface area contributed by atoms with E-state index >= 15 is 0 Å². The fourth-order valence-electron chi connectivity index (χ4n) is 2.14. The van der Waals surface area contributed by atoms with E-state index in [0.717, 1.165) is 31.0 Å². The van der Waals surface area contributed by atoms with Crippen LogP contribution < -0.4 is 0 Å². The molecule has 8 nitrogen and oxygen atoms in total. The minimum absolute atomic E-state index is 0.144. The number of unbranched alkanes of at least 4 members (excludes halogenated alkanes) is 2. The molecule has 0 aliphatic rings. The predicted octanol–water partition coefficient (Wildman–Crippen LogP) is 3.27. The summed E-state index contributed by atoms with van der Waals surface area (Å²) in [5, 5.41) is 18.1. The predicted molar refractivity (Wildman–Crippen MR) is 94.6 cm³/mol. The second-order valence-corrected chi connectivity index (χ2v) is 5.89. The van der Waals surface area contributed by atoms with E-state index in [0.29, 0.717) is 6.42 Å². The number of benzene rings is 1. The molecule has 1 aromatic carbocycles. The average molecular weight is 378 g/mol. The summed E-state index contributed by atoms with van der Waals surface area (Å²) < 4.78 is 10.3. The van der Waals surface area contributed by atoms with Crippen LogP contribution in [0.4, 0.5) is 0 Å². The minimum Gasteiger partial charge on any atom is -0.478 e. The molecule has 0 spiro atoms. The highest BCUT2D eigenvalue weighted by molar-refractivity contribution is 6.04. The average Bonchev–Trinajstić information content (AvgIpc) is 2.60. The highest BCUT2D eigenvalue weighted by Crippen LogP contribution is 2.17. The lowest BCUT2D eigenvalue weighted by Gasteiger charge is -2.18. The molecule has 2 N–H and O–H groups in total. The van der Waals surface area contributed by atoms with Gasteiger partial charge in [0.15, 0.2) is 0 Å². The van der Waals surface area contributed by atoms with Crippen molar-refractivity contribution in [2.75, 3.05) is 0 Å². The third kappa shape index (κ3) is 6.58. The molecular weight excluding hydrogens is 356 g/mol. The first kappa shape index (κ1) is 21.9. The molecule has 0 amide bonds. The second-order valence-electron chi connectivity index (χ2n) is 5.89. The van der Waals surface area contributed by atoms with Gasteiger partial charge in [-0.2, -0.15) is 0 Å². The number of carboxylic acids is 2. The Morgan fingerprint density at radius 3 is 2.19 bits per heavy atom. The number of rotatable bonds is 10. The van der Waals surface area contributed by atoms with Gasteiger partial charge in [-0.15, -0.1) is 0 Å². The van der Waals surface area contributed by atoms with Crippen molar-refractivity contribution in [1.82, 2.24) is 0 Å². The van der Waals surface area contributed by atoms with Crippen LogP contribution in [0, 0.1) is 0 Å². The first-order valence-corrected chi connectivity index (χ1v) is 8.35. The second kappa shape index (κ2) is 10.1. The van der Waals surface area contributed by atoms with Crippen molar-refractivity contribution in [3.05, 3.63) is 47.0 Å². The maximum atomic E-state index is 12.3. The molecular formula is C19H22O8. The maximum Gasteiger partial charge on any atom is 0.341 e. The molecule has 0 bridgehead atoms. The molecule has 0 heterocycles. The van der Waals surface area contributed by atoms with Gasteiger partial charge < -0.3 is 19.7 Å². The van der Waals surface area contributed by atoms with E-state index in [1.807, 2.05) is 6.92 Å². The van der Waals surface area contributed by atoms with Gasteiger partial charge in [0.05, 0.1) is 16.7 Å². The van der Waals surface area contributed by atoms with E-state index in [2.05, 4.69) is 6.58 Å². The van der Waals surface area contributed by atoms with E-state index in [1.54, 1.807) is 0 Å². The molecule has 0 radical (unpaired) electrons. The lowest BCUT2D eigenvalue weighted by atomic mass is 10.0. The number of hydrogen-bond donors (Lipinski definition) is 2. The largest absolute Gasteiger partial charge is 0.478 e. The summed E-state index contributed by atoms with van der Waals surface area (Å²) in [4.78, 5) is 46.3. The van der Waals surface area contributed by atoms with Crippen LogP contribution in [0.25, 0.3) is 0 Å². The van der Waals surface area contributed by atoms with Gasteiger partial charge in [-0.1, -0.05) is 26.3 Å². The Hall–Kier alpha value is -3.16. The number of carbonyl (C=O) groups is 4. The fraction of sp³-hybridized carbons (Fsp3) is 0.368. The summed E-state index contributed by atoms with van der Waals surface area (Å²) >= 11 is 0. The van der Waals surface area contributed by atoms with Crippen LogP contribution in [0.15, 0.2) is 30.4 Å². The standard InChI is InChI=1S/C19H22O8/c1-4-5-6-7-15(26-18(24)11(2)3)27-19(25)12-8-9-13(16(20)21)14(10-12)17(22)23/h8-10,15H,2,4-7H2,1,3H3,(H,20,21)(H,22,23). The van der Waals surface area contributed by atoms with Crippen LogP contribution >= 0.6 is 0 Å². The van der Waals surface area contributed by atoms with Gasteiger partial charge in [0.25, 0.3) is 0 Å². The van der Waals surface area contributed by atoms with Crippen molar-refractivity contribution < 1.29 is 38.9 Å². The van der Waals surface area contributed by atoms with Gasteiger partial charge in [-0.05, 0) is 31.5 Å². The van der Waals surface area contributed by atoms with Crippen molar-refractivity contribution in [2.45, 2.75) is 45.8 Å². The first-order valence-electron chi connectivity index (χ1n) is 8.35. The van der Waals surface area contributed by atoms with Crippen LogP contribution in [0.5, 0.6) is 0 Å². The van der Waals surface area contributed by atoms with Gasteiger partial charge >= 0.3 is 23.9 Å². The van der Waals surface area contributed by atoms with Gasteiger partial charge in [-0.25, -0.2) is 19.2 Å². The number of ether oxygens (including phenoxy) is 2. The van der Waals surface area contributed by atoms with Crippen LogP contribution in [-0.4, -0.2) is 40.4 Å². The van der Waals surface area contributed by atoms with Gasteiger partial charge in [0.1, 0.15) is 0 Å². The van der Waals surface area contributed by atoms with E-state index in [-0.39, 0.29) is 17.6 Å². The number of carboxylic acid groups (broad SMARTS) is 2. The van der Waals surface area contributed by atoms with Gasteiger partial charge in [0.2, 0.25) is 6.29 Å². The lowest BCUT2D eigenvalue weighted by molar-refractivity contribution is -0.164. The third-order valence-electron chi connectivity index (χ3n) is 3.58. The normalized spacial score (nSPS) is 11.3. The zero-order chi connectivity index (χ0) is 20.6. The van der Waals surface area contributed by atoms with E-state index in [9.17, 15) is 19.2 Å². The summed E-state index contributed by atoms with van der Waals surface area (Å²) in [5.41, 5.74) is -1.01. The molecule has 0 saturated heterocycles. The summed E-state index contributed by atoms with van der Waals surface area (Å²) in [6, 6.07) is 3.06. The Morgan fingerprint density at radius 2 is 1.67 bits per heavy atom. The molecule has 0 saturated carbocycles. The molecule has 27 heavy (non-hydrogen) atoms. The van der Waals surface area contributed by atoms with Crippen molar-refractivity contribution in [3.63, 3.8) is 0 Å². The molecule has 0 aliphatic heterocycles. The van der Waals surface area contributed by atoms with Crippen molar-refractivity contribution in [3.8, 4) is 0 Å². The summed E-state index contributed by atoms with van der Waals surface area (Å²) in [6.45, 7) is 6.90. The Bertz CT molecular complexity index is 750. The Morgan fingerprint density at radius 1 is 1.04 bits per heavy atom. The Kier molecular flexibility index (Phi) is 8.19. The molecule has 0 aliphatic carbocycles. The number of aromatic carboxylic acids is 2. The third-order valence-corrected chi connectivity index (χ3v) is 3.58. The van der Waals surface area contributed by atoms with Crippen molar-refractivity contribution in [2.24, 2.45) is 0 Å². The molecule has 0 aromatic heterocycles. The highest BCUT2D eigenvalue weighted by Gasteiger charge is 2.23. The van der Waals surface area contributed by atoms with E-state index in [1.165, 1.54) is 6.92 Å². The minimum atomic E-state index is -1.49. The number of hydrogen-bond acceptors (Lipinski definition) is 6. The monoisotopic (exact) mass is 378 g/mol. The molecule has 0 fully saturated rings. The fourth-order valence-corrected chi connectivity index (χ4v) is 2.14. The zero-order valence-corrected chi connectivity index (χ0v) is 15.2. The maximum absolute atomic E-state index is 12.3. The van der Waals surface area contributed by atoms with Gasteiger partial charge in [-0.3, -0.25) is 0 Å². The van der Waals surface area contributed by atoms with Crippen molar-refractivity contribution in [1.29, 1.82) is 0 Å². The van der Waals surface area contributed by atoms with Crippen LogP contribution in [0.3, 0.4) is 0 Å². The quantitative estimate of drug-likeness (QED) is 0.275. The highest BCUT2D eigenvalue weighted by atomic mass is 16.7. The molecule has 8 heteroatoms. The lowest BCUT2D eigenvalue weighted by Crippen LogP contribution is -2.25. The zero-order valence-electron chi connectivity index (χ0n) is 15.2. The SMILES string of the molecule is C=C(C)C(=O)OC(CCCCC)OC(=O)c1ccc(C(=O)O)c(C(=O)O)c1. The van der Waals surface area contributed by atoms with E-state index < -0.39 is 41.3 Å². The van der Waals surface area contributed by atoms with Gasteiger partial charge in [0, 0.05) is 12.0 Å². The van der Waals surface area contributed by atoms with E-state index in [4.69, 9.17) is 19.7 Å². The first-order chi connectivity index (χ1) is 12.7. The topological polar surface area (TPSA) is 127 Å². The molecule has 1 rings (SSSR count). The van der Waals surface area contributed by atoms with Crippen LogP contribution in [0.2, 0.25) is 0 Å². The summed E-state index contributed by atoms with van der Waals surface area (Å²) in [6.07, 6.45) is 1.53. The Balaban J connectivity index is 3.00. The van der Waals surface area contributed by atoms with Crippen LogP contribution in [-0.2, 0) is 14.3 Å². The molecule has 1 unspecified atom stereocenters. The summed E-state index contributed by atoms with van der Waals surface area (Å²) in [7, 11) is 0. The summed E-state index contributed by atoms with van der Waals surface area (Å²) in [5.74, 6) is -4.56. The Labute approximate surface area is 156 Å². The molecule has 146 valence electrons. The smallest absolute Gasteiger partial charge is 0.341 e. The van der Waals surface area contributed by atoms with Crippen LogP contribution in [0.1, 0.15) is 70.6 Å². The number of carbonyl (C=O) groups excluding carboxylic acids is 2. The molecule has 1 aromatic rings. The number of esters is 2. The molecule has 1 atom stereocenters. The van der Waals surface area contributed by atoms with Crippen molar-refractivity contribution >= 4 is 23.9 Å².